The van der Waals surface area contributed by atoms with Gasteiger partial charge < -0.3 is 0 Å². The van der Waals surface area contributed by atoms with E-state index < -0.39 is 0 Å². The predicted molar refractivity (Wildman–Crippen MR) is 81.7 cm³/mol. The van der Waals surface area contributed by atoms with Crippen molar-refractivity contribution in [2.45, 2.75) is 25.7 Å². The Labute approximate surface area is 127 Å². The molecule has 3 rings (SSSR count). The zero-order valence-corrected chi connectivity index (χ0v) is 12.3. The van der Waals surface area contributed by atoms with Crippen LogP contribution in [0.1, 0.15) is 47.4 Å². The van der Waals surface area contributed by atoms with E-state index in [0.29, 0.717) is 22.3 Å². The molecule has 0 aliphatic heterocycles. The van der Waals surface area contributed by atoms with Crippen molar-refractivity contribution in [1.82, 2.24) is 15.6 Å². The molecule has 1 aromatic heterocycles. The first kappa shape index (κ1) is 13.8. The van der Waals surface area contributed by atoms with E-state index in [-0.39, 0.29) is 5.91 Å². The summed E-state index contributed by atoms with van der Waals surface area (Å²) in [5.74, 6) is 0.227. The Morgan fingerprint density at radius 1 is 1.38 bits per heavy atom. The van der Waals surface area contributed by atoms with E-state index in [0.717, 1.165) is 24.1 Å². The molecule has 0 spiro atoms. The minimum atomic E-state index is -0.313. The molecule has 1 heterocycles. The van der Waals surface area contributed by atoms with Crippen molar-refractivity contribution in [3.63, 3.8) is 0 Å². The van der Waals surface area contributed by atoms with Crippen LogP contribution in [0.3, 0.4) is 0 Å². The fourth-order valence-corrected chi connectivity index (χ4v) is 2.13. The predicted octanol–water partition coefficient (Wildman–Crippen LogP) is 3.09. The second-order valence-electron chi connectivity index (χ2n) is 5.13. The van der Waals surface area contributed by atoms with Crippen LogP contribution in [0.2, 0.25) is 5.02 Å². The fraction of sp³-hybridized carbons (Fsp3) is 0.267. The molecule has 21 heavy (non-hydrogen) atoms. The zero-order chi connectivity index (χ0) is 14.8. The highest BCUT2D eigenvalue weighted by Crippen LogP contribution is 2.38. The summed E-state index contributed by atoms with van der Waals surface area (Å²) in [7, 11) is 0. The van der Waals surface area contributed by atoms with Gasteiger partial charge in [-0.1, -0.05) is 23.7 Å². The van der Waals surface area contributed by atoms with Crippen molar-refractivity contribution < 1.29 is 4.79 Å². The number of carbonyl (C=O) groups excluding carboxylic acids is 1. The number of aromatic nitrogens is 2. The number of hydrazone groups is 1. The maximum Gasteiger partial charge on any atom is 0.291 e. The Bertz CT molecular complexity index is 686. The van der Waals surface area contributed by atoms with Crippen LogP contribution >= 0.6 is 11.6 Å². The molecule has 0 saturated heterocycles. The molecule has 0 atom stereocenters. The SMILES string of the molecule is C/C(=N/NC(=O)c1cc(C2CC2)[nH]n1)c1ccc(Cl)cc1. The summed E-state index contributed by atoms with van der Waals surface area (Å²) in [6, 6.07) is 9.07. The fourth-order valence-electron chi connectivity index (χ4n) is 2.00. The molecule has 1 aliphatic carbocycles. The highest BCUT2D eigenvalue weighted by Gasteiger charge is 2.26. The van der Waals surface area contributed by atoms with Crippen molar-refractivity contribution in [2.24, 2.45) is 5.10 Å². The summed E-state index contributed by atoms with van der Waals surface area (Å²) >= 11 is 5.84. The van der Waals surface area contributed by atoms with Crippen LogP contribution in [-0.2, 0) is 0 Å². The highest BCUT2D eigenvalue weighted by molar-refractivity contribution is 6.30. The van der Waals surface area contributed by atoms with Crippen molar-refractivity contribution in [1.29, 1.82) is 0 Å². The van der Waals surface area contributed by atoms with Gasteiger partial charge in [-0.15, -0.1) is 0 Å². The van der Waals surface area contributed by atoms with Gasteiger partial charge in [-0.2, -0.15) is 10.2 Å². The van der Waals surface area contributed by atoms with Gasteiger partial charge in [-0.25, -0.2) is 5.43 Å². The van der Waals surface area contributed by atoms with Gasteiger partial charge in [0, 0.05) is 16.6 Å². The summed E-state index contributed by atoms with van der Waals surface area (Å²) in [4.78, 5) is 12.0. The van der Waals surface area contributed by atoms with Gasteiger partial charge in [0.25, 0.3) is 5.91 Å². The van der Waals surface area contributed by atoms with E-state index in [1.807, 2.05) is 19.1 Å². The molecule has 1 amide bonds. The van der Waals surface area contributed by atoms with Crippen LogP contribution < -0.4 is 5.43 Å². The minimum absolute atomic E-state index is 0.313. The molecule has 1 aromatic carbocycles. The van der Waals surface area contributed by atoms with Crippen LogP contribution in [0, 0.1) is 0 Å². The average molecular weight is 303 g/mol. The molecule has 1 fully saturated rings. The third-order valence-electron chi connectivity index (χ3n) is 3.43. The van der Waals surface area contributed by atoms with E-state index in [9.17, 15) is 4.79 Å². The van der Waals surface area contributed by atoms with Gasteiger partial charge in [-0.05, 0) is 43.5 Å². The monoisotopic (exact) mass is 302 g/mol. The van der Waals surface area contributed by atoms with E-state index in [1.165, 1.54) is 0 Å². The Balaban J connectivity index is 1.65. The Morgan fingerprint density at radius 3 is 2.76 bits per heavy atom. The van der Waals surface area contributed by atoms with Crippen LogP contribution in [0.5, 0.6) is 0 Å². The van der Waals surface area contributed by atoms with Crippen LogP contribution in [0.25, 0.3) is 0 Å². The minimum Gasteiger partial charge on any atom is -0.281 e. The number of amides is 1. The van der Waals surface area contributed by atoms with Crippen LogP contribution in [-0.4, -0.2) is 21.8 Å². The number of halogens is 1. The molecule has 6 heteroatoms. The second-order valence-corrected chi connectivity index (χ2v) is 5.56. The van der Waals surface area contributed by atoms with Gasteiger partial charge in [0.15, 0.2) is 5.69 Å². The maximum absolute atomic E-state index is 12.0. The summed E-state index contributed by atoms with van der Waals surface area (Å²) in [6.07, 6.45) is 2.33. The van der Waals surface area contributed by atoms with E-state index in [1.54, 1.807) is 18.2 Å². The van der Waals surface area contributed by atoms with Gasteiger partial charge in [0.05, 0.1) is 5.71 Å². The summed E-state index contributed by atoms with van der Waals surface area (Å²) in [5.41, 5.74) is 5.52. The number of hydrogen-bond donors (Lipinski definition) is 2. The van der Waals surface area contributed by atoms with E-state index in [2.05, 4.69) is 20.7 Å². The van der Waals surface area contributed by atoms with Gasteiger partial charge in [-0.3, -0.25) is 9.89 Å². The number of nitrogens with one attached hydrogen (secondary N) is 2. The van der Waals surface area contributed by atoms with E-state index >= 15 is 0 Å². The molecule has 0 bridgehead atoms. The quantitative estimate of drug-likeness (QED) is 0.673. The van der Waals surface area contributed by atoms with E-state index in [4.69, 9.17) is 11.6 Å². The largest absolute Gasteiger partial charge is 0.291 e. The molecular weight excluding hydrogens is 288 g/mol. The third-order valence-corrected chi connectivity index (χ3v) is 3.69. The summed E-state index contributed by atoms with van der Waals surface area (Å²) in [6.45, 7) is 1.82. The number of rotatable bonds is 4. The smallest absolute Gasteiger partial charge is 0.281 e. The number of carbonyl (C=O) groups is 1. The normalized spacial score (nSPS) is 15.0. The lowest BCUT2D eigenvalue weighted by atomic mass is 10.1. The van der Waals surface area contributed by atoms with Crippen molar-refractivity contribution >= 4 is 23.2 Å². The lowest BCUT2D eigenvalue weighted by Crippen LogP contribution is -2.19. The number of nitrogens with zero attached hydrogens (tertiary/aromatic N) is 2. The molecule has 1 aliphatic rings. The summed E-state index contributed by atoms with van der Waals surface area (Å²) < 4.78 is 0. The number of H-pyrrole nitrogens is 1. The molecule has 0 unspecified atom stereocenters. The first-order chi connectivity index (χ1) is 10.1. The third kappa shape index (κ3) is 3.31. The standard InChI is InChI=1S/C15H15ClN4O/c1-9(10-4-6-12(16)7-5-10)17-20-15(21)14-8-13(18-19-14)11-2-3-11/h4-8,11H,2-3H2,1H3,(H,18,19)(H,20,21)/b17-9-. The van der Waals surface area contributed by atoms with Gasteiger partial charge in [0.2, 0.25) is 0 Å². The first-order valence-electron chi connectivity index (χ1n) is 6.79. The average Bonchev–Trinajstić information content (AvgIpc) is 3.22. The Hall–Kier alpha value is -2.14. The highest BCUT2D eigenvalue weighted by atomic mass is 35.5. The second kappa shape index (κ2) is 5.69. The molecule has 0 radical (unpaired) electrons. The molecule has 2 N–H and O–H groups in total. The molecule has 1 saturated carbocycles. The molecule has 2 aromatic rings. The summed E-state index contributed by atoms with van der Waals surface area (Å²) in [5, 5.41) is 11.7. The number of hydrogen-bond acceptors (Lipinski definition) is 3. The van der Waals surface area contributed by atoms with Gasteiger partial charge >= 0.3 is 0 Å². The van der Waals surface area contributed by atoms with Crippen molar-refractivity contribution in [2.75, 3.05) is 0 Å². The van der Waals surface area contributed by atoms with Crippen molar-refractivity contribution in [3.8, 4) is 0 Å². The van der Waals surface area contributed by atoms with Gasteiger partial charge in [0.1, 0.15) is 0 Å². The molecule has 108 valence electrons. The lowest BCUT2D eigenvalue weighted by Gasteiger charge is -2.01. The molecular formula is C15H15ClN4O. The Morgan fingerprint density at radius 2 is 2.10 bits per heavy atom. The van der Waals surface area contributed by atoms with Crippen LogP contribution in [0.15, 0.2) is 35.4 Å². The number of benzene rings is 1. The van der Waals surface area contributed by atoms with Crippen molar-refractivity contribution in [3.05, 3.63) is 52.3 Å². The maximum atomic E-state index is 12.0. The zero-order valence-electron chi connectivity index (χ0n) is 11.6. The molecule has 5 nitrogen and oxygen atoms in total. The Kier molecular flexibility index (Phi) is 3.75. The van der Waals surface area contributed by atoms with Crippen LogP contribution in [0.4, 0.5) is 0 Å². The first-order valence-corrected chi connectivity index (χ1v) is 7.17. The topological polar surface area (TPSA) is 70.1 Å². The lowest BCUT2D eigenvalue weighted by molar-refractivity contribution is 0.0950. The number of aromatic amines is 1.